The van der Waals surface area contributed by atoms with E-state index >= 15 is 0 Å². The maximum atomic E-state index is 12.7. The highest BCUT2D eigenvalue weighted by molar-refractivity contribution is 8.18. The standard InChI is InChI=1S/C20H22ClNO8S/c1-5-28-14-8-12(7-13(21)17(14)30-10-16(23)29-6-2)9-15-18(24)22(20(26)31-15)11(3)19(25)27-4/h7-9,11H,5-6,10H2,1-4H3/b15-9+/t11-/m1/s1. The van der Waals surface area contributed by atoms with E-state index in [1.165, 1.54) is 26.2 Å². The molecule has 1 aliphatic heterocycles. The Hall–Kier alpha value is -2.72. The van der Waals surface area contributed by atoms with Gasteiger partial charge in [-0.25, -0.2) is 9.59 Å². The summed E-state index contributed by atoms with van der Waals surface area (Å²) < 4.78 is 20.4. The third-order valence-electron chi connectivity index (χ3n) is 4.02. The highest BCUT2D eigenvalue weighted by atomic mass is 35.5. The second kappa shape index (κ2) is 11.1. The molecule has 0 N–H and O–H groups in total. The Balaban J connectivity index is 2.31. The van der Waals surface area contributed by atoms with Crippen LogP contribution in [0.4, 0.5) is 4.79 Å². The normalized spacial score (nSPS) is 15.8. The molecule has 168 valence electrons. The monoisotopic (exact) mass is 471 g/mol. The number of amides is 2. The molecule has 31 heavy (non-hydrogen) atoms. The molecule has 9 nitrogen and oxygen atoms in total. The average Bonchev–Trinajstić information content (AvgIpc) is 2.99. The van der Waals surface area contributed by atoms with Crippen molar-refractivity contribution in [1.29, 1.82) is 0 Å². The van der Waals surface area contributed by atoms with Gasteiger partial charge in [0.15, 0.2) is 18.1 Å². The van der Waals surface area contributed by atoms with Crippen LogP contribution >= 0.6 is 23.4 Å². The van der Waals surface area contributed by atoms with Crippen LogP contribution in [0.1, 0.15) is 26.3 Å². The SMILES string of the molecule is CCOC(=O)COc1c(Cl)cc(/C=C2/SC(=O)N([C@H](C)C(=O)OC)C2=O)cc1OCC. The van der Waals surface area contributed by atoms with Crippen LogP contribution in [0.2, 0.25) is 5.02 Å². The molecule has 1 aromatic rings. The third-order valence-corrected chi connectivity index (χ3v) is 5.19. The lowest BCUT2D eigenvalue weighted by Gasteiger charge is -2.18. The Morgan fingerprint density at radius 3 is 2.52 bits per heavy atom. The number of thioether (sulfide) groups is 1. The average molecular weight is 472 g/mol. The summed E-state index contributed by atoms with van der Waals surface area (Å²) in [5.74, 6) is -1.47. The van der Waals surface area contributed by atoms with E-state index in [1.54, 1.807) is 19.9 Å². The number of methoxy groups -OCH3 is 1. The molecular formula is C20H22ClNO8S. The lowest BCUT2D eigenvalue weighted by molar-refractivity contribution is -0.148. The molecule has 1 heterocycles. The van der Waals surface area contributed by atoms with Crippen molar-refractivity contribution in [2.45, 2.75) is 26.8 Å². The molecule has 0 unspecified atom stereocenters. The van der Waals surface area contributed by atoms with Gasteiger partial charge in [-0.2, -0.15) is 0 Å². The number of rotatable bonds is 9. The fourth-order valence-corrected chi connectivity index (χ4v) is 3.83. The molecule has 1 aromatic carbocycles. The van der Waals surface area contributed by atoms with Gasteiger partial charge >= 0.3 is 11.9 Å². The number of benzene rings is 1. The molecule has 11 heteroatoms. The minimum absolute atomic E-state index is 0.111. The molecule has 1 aliphatic rings. The topological polar surface area (TPSA) is 108 Å². The van der Waals surface area contributed by atoms with E-state index in [0.29, 0.717) is 23.9 Å². The second-order valence-electron chi connectivity index (χ2n) is 6.11. The minimum atomic E-state index is -1.05. The minimum Gasteiger partial charge on any atom is -0.490 e. The van der Waals surface area contributed by atoms with Crippen LogP contribution in [0, 0.1) is 0 Å². The Bertz CT molecular complexity index is 917. The van der Waals surface area contributed by atoms with Crippen molar-refractivity contribution >= 4 is 52.5 Å². The van der Waals surface area contributed by atoms with E-state index in [4.69, 9.17) is 25.8 Å². The van der Waals surface area contributed by atoms with Gasteiger partial charge in [0.05, 0.1) is 30.3 Å². The van der Waals surface area contributed by atoms with Crippen LogP contribution in [-0.2, 0) is 23.9 Å². The van der Waals surface area contributed by atoms with Crippen molar-refractivity contribution in [2.75, 3.05) is 26.9 Å². The number of esters is 2. The molecule has 0 bridgehead atoms. The first-order valence-electron chi connectivity index (χ1n) is 9.33. The largest absolute Gasteiger partial charge is 0.490 e. The molecule has 2 amide bonds. The first kappa shape index (κ1) is 24.5. The van der Waals surface area contributed by atoms with Gasteiger partial charge < -0.3 is 18.9 Å². The fourth-order valence-electron chi connectivity index (χ4n) is 2.65. The zero-order valence-corrected chi connectivity index (χ0v) is 19.0. The van der Waals surface area contributed by atoms with Crippen LogP contribution in [0.5, 0.6) is 11.5 Å². The highest BCUT2D eigenvalue weighted by Gasteiger charge is 2.41. The number of carbonyl (C=O) groups excluding carboxylic acids is 4. The summed E-state index contributed by atoms with van der Waals surface area (Å²) >= 11 is 7.00. The molecule has 1 atom stereocenters. The first-order chi connectivity index (χ1) is 14.7. The van der Waals surface area contributed by atoms with Crippen molar-refractivity contribution < 1.29 is 38.1 Å². The molecule has 0 aliphatic carbocycles. The van der Waals surface area contributed by atoms with Gasteiger partial charge in [0.2, 0.25) is 0 Å². The smallest absolute Gasteiger partial charge is 0.344 e. The zero-order chi connectivity index (χ0) is 23.1. The van der Waals surface area contributed by atoms with E-state index < -0.39 is 29.1 Å². The summed E-state index contributed by atoms with van der Waals surface area (Å²) in [5.41, 5.74) is 0.466. The summed E-state index contributed by atoms with van der Waals surface area (Å²) in [7, 11) is 1.18. The Morgan fingerprint density at radius 1 is 1.19 bits per heavy atom. The molecule has 0 spiro atoms. The number of imide groups is 1. The number of carbonyl (C=O) groups is 4. The summed E-state index contributed by atoms with van der Waals surface area (Å²) in [6.07, 6.45) is 1.46. The molecule has 2 rings (SSSR count). The number of ether oxygens (including phenoxy) is 4. The number of nitrogens with zero attached hydrogens (tertiary/aromatic N) is 1. The van der Waals surface area contributed by atoms with Crippen LogP contribution in [0.15, 0.2) is 17.0 Å². The predicted octanol–water partition coefficient (Wildman–Crippen LogP) is 3.28. The van der Waals surface area contributed by atoms with Crippen molar-refractivity contribution in [3.05, 3.63) is 27.6 Å². The van der Waals surface area contributed by atoms with E-state index in [-0.39, 0.29) is 34.6 Å². The van der Waals surface area contributed by atoms with Crippen LogP contribution in [0.25, 0.3) is 6.08 Å². The molecular weight excluding hydrogens is 450 g/mol. The Kier molecular flexibility index (Phi) is 8.76. The molecule has 1 saturated heterocycles. The summed E-state index contributed by atoms with van der Waals surface area (Å²) in [6, 6.07) is 2.01. The third kappa shape index (κ3) is 5.92. The number of halogens is 1. The first-order valence-corrected chi connectivity index (χ1v) is 10.5. The lowest BCUT2D eigenvalue weighted by atomic mass is 10.1. The second-order valence-corrected chi connectivity index (χ2v) is 7.51. The predicted molar refractivity (Wildman–Crippen MR) is 114 cm³/mol. The van der Waals surface area contributed by atoms with Crippen molar-refractivity contribution in [2.24, 2.45) is 0 Å². The van der Waals surface area contributed by atoms with Gasteiger partial charge in [0.1, 0.15) is 6.04 Å². The maximum absolute atomic E-state index is 12.7. The molecule has 0 saturated carbocycles. The van der Waals surface area contributed by atoms with E-state index in [9.17, 15) is 19.2 Å². The van der Waals surface area contributed by atoms with E-state index in [1.807, 2.05) is 0 Å². The zero-order valence-electron chi connectivity index (χ0n) is 17.4. The van der Waals surface area contributed by atoms with Gasteiger partial charge in [0, 0.05) is 0 Å². The van der Waals surface area contributed by atoms with Gasteiger partial charge in [-0.15, -0.1) is 0 Å². The van der Waals surface area contributed by atoms with Crippen molar-refractivity contribution in [3.8, 4) is 11.5 Å². The van der Waals surface area contributed by atoms with Crippen molar-refractivity contribution in [3.63, 3.8) is 0 Å². The van der Waals surface area contributed by atoms with Gasteiger partial charge in [0.25, 0.3) is 11.1 Å². The van der Waals surface area contributed by atoms with Crippen LogP contribution < -0.4 is 9.47 Å². The maximum Gasteiger partial charge on any atom is 0.344 e. The summed E-state index contributed by atoms with van der Waals surface area (Å²) in [4.78, 5) is 49.1. The van der Waals surface area contributed by atoms with Gasteiger partial charge in [-0.3, -0.25) is 14.5 Å². The van der Waals surface area contributed by atoms with Gasteiger partial charge in [-0.05, 0) is 56.3 Å². The number of hydrogen-bond acceptors (Lipinski definition) is 9. The Morgan fingerprint density at radius 2 is 1.90 bits per heavy atom. The van der Waals surface area contributed by atoms with Crippen molar-refractivity contribution in [1.82, 2.24) is 4.90 Å². The summed E-state index contributed by atoms with van der Waals surface area (Å²) in [6.45, 7) is 5.01. The quantitative estimate of drug-likeness (QED) is 0.396. The van der Waals surface area contributed by atoms with Crippen LogP contribution in [-0.4, -0.2) is 61.0 Å². The highest BCUT2D eigenvalue weighted by Crippen LogP contribution is 2.39. The fraction of sp³-hybridized carbons (Fsp3) is 0.400. The van der Waals surface area contributed by atoms with Gasteiger partial charge in [-0.1, -0.05) is 11.6 Å². The lowest BCUT2D eigenvalue weighted by Crippen LogP contribution is -2.42. The van der Waals surface area contributed by atoms with Crippen LogP contribution in [0.3, 0.4) is 0 Å². The molecule has 0 aromatic heterocycles. The number of hydrogen-bond donors (Lipinski definition) is 0. The molecule has 0 radical (unpaired) electrons. The summed E-state index contributed by atoms with van der Waals surface area (Å²) in [5, 5.41) is -0.441. The Labute approximate surface area is 188 Å². The van der Waals surface area contributed by atoms with E-state index in [0.717, 1.165) is 4.90 Å². The van der Waals surface area contributed by atoms with E-state index in [2.05, 4.69) is 4.74 Å². The molecule has 1 fully saturated rings.